The Bertz CT molecular complexity index is 554. The van der Waals surface area contributed by atoms with Crippen LogP contribution in [-0.4, -0.2) is 46.9 Å². The molecule has 1 aromatic carbocycles. The largest absolute Gasteiger partial charge is 0.480 e. The van der Waals surface area contributed by atoms with Crippen molar-refractivity contribution in [1.29, 1.82) is 0 Å². The molecule has 0 heterocycles. The number of urea groups is 1. The normalized spacial score (nSPS) is 9.71. The summed E-state index contributed by atoms with van der Waals surface area (Å²) in [6.45, 7) is -1.16. The average molecular weight is 294 g/mol. The molecule has 0 radical (unpaired) electrons. The number of rotatable bonds is 6. The van der Waals surface area contributed by atoms with E-state index in [4.69, 9.17) is 16.6 Å². The molecule has 1 rings (SSSR count). The van der Waals surface area contributed by atoms with Crippen LogP contribution < -0.4 is 16.8 Å². The molecule has 112 valence electrons. The fourth-order valence-corrected chi connectivity index (χ4v) is 1.57. The number of carbonyl (C=O) groups excluding carboxylic acids is 3. The molecular formula is C12H14N4O5. The van der Waals surface area contributed by atoms with Gasteiger partial charge in [-0.25, -0.2) is 4.79 Å². The zero-order valence-corrected chi connectivity index (χ0v) is 10.9. The summed E-state index contributed by atoms with van der Waals surface area (Å²) in [5.41, 5.74) is 10.4. The Balaban J connectivity index is 2.89. The second kappa shape index (κ2) is 6.89. The molecule has 0 aliphatic heterocycles. The number of aliphatic carboxylic acids is 1. The first kappa shape index (κ1) is 16.0. The molecule has 0 unspecified atom stereocenters. The summed E-state index contributed by atoms with van der Waals surface area (Å²) in [5, 5.41) is 11.0. The van der Waals surface area contributed by atoms with Gasteiger partial charge >= 0.3 is 12.0 Å². The minimum atomic E-state index is -1.27. The van der Waals surface area contributed by atoms with Crippen LogP contribution in [0.1, 0.15) is 10.4 Å². The van der Waals surface area contributed by atoms with Gasteiger partial charge in [0.15, 0.2) is 0 Å². The van der Waals surface area contributed by atoms with Crippen molar-refractivity contribution in [1.82, 2.24) is 4.90 Å². The van der Waals surface area contributed by atoms with Crippen molar-refractivity contribution in [3.8, 4) is 0 Å². The third-order valence-corrected chi connectivity index (χ3v) is 2.36. The molecule has 0 saturated heterocycles. The van der Waals surface area contributed by atoms with Crippen LogP contribution in [0, 0.1) is 0 Å². The number of carboxylic acids is 1. The Morgan fingerprint density at radius 2 is 1.62 bits per heavy atom. The highest BCUT2D eigenvalue weighted by molar-refractivity contribution is 5.98. The molecule has 9 nitrogen and oxygen atoms in total. The van der Waals surface area contributed by atoms with Gasteiger partial charge in [0.2, 0.25) is 5.91 Å². The third kappa shape index (κ3) is 5.19. The molecule has 0 atom stereocenters. The van der Waals surface area contributed by atoms with Crippen LogP contribution in [0.2, 0.25) is 0 Å². The highest BCUT2D eigenvalue weighted by Gasteiger charge is 2.20. The zero-order chi connectivity index (χ0) is 16.0. The van der Waals surface area contributed by atoms with E-state index in [1.54, 1.807) is 0 Å². The standard InChI is InChI=1S/C12H14N4O5/c13-9(17)5-16(6-10(18)19)11(20)7-1-3-8(4-2-7)15-12(14)21/h1-4H,5-6H2,(H2,13,17)(H,18,19)(H3,14,15,21). The topological polar surface area (TPSA) is 156 Å². The van der Waals surface area contributed by atoms with E-state index in [1.165, 1.54) is 24.3 Å². The average Bonchev–Trinajstić information content (AvgIpc) is 2.36. The first-order valence-electron chi connectivity index (χ1n) is 5.75. The van der Waals surface area contributed by atoms with Crippen LogP contribution in [0.15, 0.2) is 24.3 Å². The van der Waals surface area contributed by atoms with Crippen LogP contribution in [0.4, 0.5) is 10.5 Å². The molecule has 0 saturated carbocycles. The van der Waals surface area contributed by atoms with Gasteiger partial charge in [0, 0.05) is 11.3 Å². The van der Waals surface area contributed by atoms with Crippen LogP contribution in [0.3, 0.4) is 0 Å². The van der Waals surface area contributed by atoms with E-state index in [1.807, 2.05) is 0 Å². The number of anilines is 1. The number of primary amides is 2. The first-order valence-corrected chi connectivity index (χ1v) is 5.75. The van der Waals surface area contributed by atoms with E-state index >= 15 is 0 Å². The molecule has 6 N–H and O–H groups in total. The summed E-state index contributed by atoms with van der Waals surface area (Å²) >= 11 is 0. The molecular weight excluding hydrogens is 280 g/mol. The number of nitrogens with zero attached hydrogens (tertiary/aromatic N) is 1. The second-order valence-electron chi connectivity index (χ2n) is 4.09. The second-order valence-corrected chi connectivity index (χ2v) is 4.09. The van der Waals surface area contributed by atoms with E-state index in [0.29, 0.717) is 5.69 Å². The Morgan fingerprint density at radius 3 is 2.05 bits per heavy atom. The predicted octanol–water partition coefficient (Wildman–Crippen LogP) is -0.811. The number of nitrogens with one attached hydrogen (secondary N) is 1. The van der Waals surface area contributed by atoms with Crippen LogP contribution >= 0.6 is 0 Å². The predicted molar refractivity (Wildman–Crippen MR) is 72.4 cm³/mol. The molecule has 4 amide bonds. The van der Waals surface area contributed by atoms with Gasteiger partial charge in [-0.05, 0) is 24.3 Å². The number of nitrogens with two attached hydrogens (primary N) is 2. The minimum Gasteiger partial charge on any atom is -0.480 e. The lowest BCUT2D eigenvalue weighted by Crippen LogP contribution is -2.41. The number of carbonyl (C=O) groups is 4. The minimum absolute atomic E-state index is 0.146. The number of benzene rings is 1. The molecule has 1 aromatic rings. The Labute approximate surface area is 119 Å². The van der Waals surface area contributed by atoms with E-state index in [9.17, 15) is 19.2 Å². The van der Waals surface area contributed by atoms with Crippen molar-refractivity contribution in [3.63, 3.8) is 0 Å². The summed E-state index contributed by atoms with van der Waals surface area (Å²) in [6.07, 6.45) is 0. The van der Waals surface area contributed by atoms with Gasteiger partial charge in [-0.15, -0.1) is 0 Å². The quantitative estimate of drug-likeness (QED) is 0.539. The fraction of sp³-hybridized carbons (Fsp3) is 0.167. The van der Waals surface area contributed by atoms with Crippen LogP contribution in [0.5, 0.6) is 0 Å². The third-order valence-electron chi connectivity index (χ3n) is 2.36. The lowest BCUT2D eigenvalue weighted by molar-refractivity contribution is -0.138. The van der Waals surface area contributed by atoms with Crippen LogP contribution in [0.25, 0.3) is 0 Å². The smallest absolute Gasteiger partial charge is 0.323 e. The maximum absolute atomic E-state index is 12.1. The van der Waals surface area contributed by atoms with Crippen molar-refractivity contribution >= 4 is 29.5 Å². The van der Waals surface area contributed by atoms with E-state index in [2.05, 4.69) is 5.32 Å². The molecule has 9 heteroatoms. The molecule has 0 aliphatic rings. The van der Waals surface area contributed by atoms with E-state index in [0.717, 1.165) is 4.90 Å². The maximum Gasteiger partial charge on any atom is 0.323 e. The van der Waals surface area contributed by atoms with Gasteiger partial charge in [-0.1, -0.05) is 0 Å². The lowest BCUT2D eigenvalue weighted by Gasteiger charge is -2.19. The van der Waals surface area contributed by atoms with Crippen LogP contribution in [-0.2, 0) is 9.59 Å². The van der Waals surface area contributed by atoms with Crippen molar-refractivity contribution in [2.75, 3.05) is 18.4 Å². The SMILES string of the molecule is NC(=O)CN(CC(=O)O)C(=O)c1ccc(NC(N)=O)cc1. The van der Waals surface area contributed by atoms with Crippen molar-refractivity contribution in [3.05, 3.63) is 29.8 Å². The van der Waals surface area contributed by atoms with E-state index in [-0.39, 0.29) is 5.56 Å². The first-order chi connectivity index (χ1) is 9.79. The molecule has 0 spiro atoms. The van der Waals surface area contributed by atoms with Gasteiger partial charge < -0.3 is 26.8 Å². The van der Waals surface area contributed by atoms with Crippen molar-refractivity contribution in [2.24, 2.45) is 11.5 Å². The Morgan fingerprint density at radius 1 is 1.05 bits per heavy atom. The zero-order valence-electron chi connectivity index (χ0n) is 10.9. The summed E-state index contributed by atoms with van der Waals surface area (Å²) in [5.74, 6) is -2.75. The number of hydrogen-bond donors (Lipinski definition) is 4. The highest BCUT2D eigenvalue weighted by Crippen LogP contribution is 2.11. The molecule has 0 fully saturated rings. The van der Waals surface area contributed by atoms with Gasteiger partial charge in [0.25, 0.3) is 5.91 Å². The Kier molecular flexibility index (Phi) is 5.24. The van der Waals surface area contributed by atoms with Gasteiger partial charge in [0.05, 0.1) is 0 Å². The number of hydrogen-bond acceptors (Lipinski definition) is 4. The number of carboxylic acid groups (broad SMARTS) is 1. The summed E-state index contributed by atoms with van der Waals surface area (Å²) in [7, 11) is 0. The lowest BCUT2D eigenvalue weighted by atomic mass is 10.1. The van der Waals surface area contributed by atoms with Crippen molar-refractivity contribution in [2.45, 2.75) is 0 Å². The molecule has 0 aromatic heterocycles. The van der Waals surface area contributed by atoms with Gasteiger partial charge in [0.1, 0.15) is 13.1 Å². The van der Waals surface area contributed by atoms with Crippen molar-refractivity contribution < 1.29 is 24.3 Å². The highest BCUT2D eigenvalue weighted by atomic mass is 16.4. The number of amides is 4. The summed E-state index contributed by atoms with van der Waals surface area (Å²) in [6, 6.07) is 4.81. The Hall–Kier alpha value is -3.10. The van der Waals surface area contributed by atoms with Gasteiger partial charge in [-0.2, -0.15) is 0 Å². The summed E-state index contributed by atoms with van der Waals surface area (Å²) in [4.78, 5) is 45.1. The summed E-state index contributed by atoms with van der Waals surface area (Å²) < 4.78 is 0. The molecule has 21 heavy (non-hydrogen) atoms. The van der Waals surface area contributed by atoms with Gasteiger partial charge in [-0.3, -0.25) is 14.4 Å². The monoisotopic (exact) mass is 294 g/mol. The molecule has 0 bridgehead atoms. The molecule has 0 aliphatic carbocycles. The fourth-order valence-electron chi connectivity index (χ4n) is 1.57. The van der Waals surface area contributed by atoms with E-state index < -0.39 is 36.9 Å². The maximum atomic E-state index is 12.1.